The Morgan fingerprint density at radius 1 is 1.10 bits per heavy atom. The molecule has 7 heteroatoms. The van der Waals surface area contributed by atoms with Gasteiger partial charge in [-0.2, -0.15) is 0 Å². The van der Waals surface area contributed by atoms with Crippen molar-refractivity contribution < 1.29 is 23.4 Å². The lowest BCUT2D eigenvalue weighted by molar-refractivity contribution is -0.121. The first-order valence-corrected chi connectivity index (χ1v) is 9.64. The van der Waals surface area contributed by atoms with Crippen molar-refractivity contribution in [3.63, 3.8) is 0 Å². The van der Waals surface area contributed by atoms with Crippen LogP contribution in [0.1, 0.15) is 22.6 Å². The maximum Gasteiger partial charge on any atom is 0.265 e. The molecule has 30 heavy (non-hydrogen) atoms. The Bertz CT molecular complexity index is 1100. The van der Waals surface area contributed by atoms with Crippen molar-refractivity contribution in [2.45, 2.75) is 27.3 Å². The van der Waals surface area contributed by atoms with Crippen LogP contribution >= 0.6 is 0 Å². The third-order valence-electron chi connectivity index (χ3n) is 5.40. The van der Waals surface area contributed by atoms with E-state index in [2.05, 4.69) is 4.98 Å². The second-order valence-electron chi connectivity index (χ2n) is 7.21. The predicted octanol–water partition coefficient (Wildman–Crippen LogP) is 4.21. The lowest BCUT2D eigenvalue weighted by Crippen LogP contribution is -2.38. The van der Waals surface area contributed by atoms with Gasteiger partial charge in [-0.3, -0.25) is 4.79 Å². The van der Waals surface area contributed by atoms with Gasteiger partial charge in [-0.05, 0) is 38.0 Å². The van der Waals surface area contributed by atoms with Gasteiger partial charge >= 0.3 is 0 Å². The van der Waals surface area contributed by atoms with E-state index in [-0.39, 0.29) is 12.5 Å². The summed E-state index contributed by atoms with van der Waals surface area (Å²) in [5.74, 6) is 3.37. The van der Waals surface area contributed by atoms with Crippen molar-refractivity contribution in [3.05, 3.63) is 53.1 Å². The molecule has 2 aromatic heterocycles. The molecule has 0 saturated heterocycles. The number of methoxy groups -OCH3 is 2. The fourth-order valence-electron chi connectivity index (χ4n) is 3.76. The summed E-state index contributed by atoms with van der Waals surface area (Å²) in [7, 11) is 3.19. The van der Waals surface area contributed by atoms with Gasteiger partial charge < -0.3 is 23.5 Å². The highest BCUT2D eigenvalue weighted by molar-refractivity contribution is 5.99. The van der Waals surface area contributed by atoms with Gasteiger partial charge in [0.2, 0.25) is 5.88 Å². The van der Waals surface area contributed by atoms with Crippen LogP contribution in [0.25, 0.3) is 11.1 Å². The zero-order valence-corrected chi connectivity index (χ0v) is 17.7. The minimum atomic E-state index is -0.125. The molecule has 0 N–H and O–H groups in total. The molecule has 1 aliphatic rings. The van der Waals surface area contributed by atoms with Crippen LogP contribution in [0.5, 0.6) is 17.4 Å². The Morgan fingerprint density at radius 2 is 1.90 bits per heavy atom. The number of nitrogens with zero attached hydrogens (tertiary/aromatic N) is 2. The van der Waals surface area contributed by atoms with Crippen LogP contribution in [0.3, 0.4) is 0 Å². The number of hydrogen-bond acceptors (Lipinski definition) is 6. The highest BCUT2D eigenvalue weighted by Gasteiger charge is 2.29. The number of pyridine rings is 1. The lowest BCUT2D eigenvalue weighted by Gasteiger charge is -2.30. The summed E-state index contributed by atoms with van der Waals surface area (Å²) >= 11 is 0. The van der Waals surface area contributed by atoms with Crippen LogP contribution in [0.15, 0.2) is 34.9 Å². The molecule has 1 aliphatic heterocycles. The lowest BCUT2D eigenvalue weighted by atomic mass is 9.98. The van der Waals surface area contributed by atoms with E-state index in [1.165, 1.54) is 0 Å². The van der Waals surface area contributed by atoms with Crippen molar-refractivity contribution in [1.82, 2.24) is 4.98 Å². The zero-order valence-electron chi connectivity index (χ0n) is 17.7. The maximum absolute atomic E-state index is 12.7. The van der Waals surface area contributed by atoms with E-state index >= 15 is 0 Å². The number of ether oxygens (including phenoxy) is 3. The highest BCUT2D eigenvalue weighted by Crippen LogP contribution is 2.45. The molecule has 0 spiro atoms. The number of fused-ring (bicyclic) bond motifs is 1. The largest absolute Gasteiger partial charge is 0.496 e. The van der Waals surface area contributed by atoms with Crippen LogP contribution in [0.4, 0.5) is 5.69 Å². The van der Waals surface area contributed by atoms with Crippen LogP contribution < -0.4 is 19.1 Å². The Labute approximate surface area is 175 Å². The number of anilines is 1. The maximum atomic E-state index is 12.7. The van der Waals surface area contributed by atoms with Crippen molar-refractivity contribution in [1.29, 1.82) is 0 Å². The van der Waals surface area contributed by atoms with Crippen molar-refractivity contribution >= 4 is 11.6 Å². The van der Waals surface area contributed by atoms with Crippen LogP contribution in [0, 0.1) is 20.8 Å². The summed E-state index contributed by atoms with van der Waals surface area (Å²) in [5, 5.41) is 0. The number of rotatable bonds is 5. The minimum absolute atomic E-state index is 0.0231. The highest BCUT2D eigenvalue weighted by atomic mass is 16.5. The Morgan fingerprint density at radius 3 is 2.50 bits per heavy atom. The van der Waals surface area contributed by atoms with Gasteiger partial charge in [-0.1, -0.05) is 6.07 Å². The molecule has 0 atom stereocenters. The van der Waals surface area contributed by atoms with E-state index in [0.717, 1.165) is 33.8 Å². The van der Waals surface area contributed by atoms with Gasteiger partial charge in [-0.15, -0.1) is 0 Å². The molecule has 0 bridgehead atoms. The van der Waals surface area contributed by atoms with Gasteiger partial charge in [0, 0.05) is 29.5 Å². The molecule has 0 aliphatic carbocycles. The molecule has 1 aromatic carbocycles. The third kappa shape index (κ3) is 3.36. The van der Waals surface area contributed by atoms with Crippen LogP contribution in [-0.4, -0.2) is 31.7 Å². The first-order valence-electron chi connectivity index (χ1n) is 9.64. The number of hydrogen-bond donors (Lipinski definition) is 0. The Kier molecular flexibility index (Phi) is 5.11. The van der Waals surface area contributed by atoms with Crippen molar-refractivity contribution in [2.75, 3.05) is 25.7 Å². The number of aromatic nitrogens is 1. The van der Waals surface area contributed by atoms with E-state index < -0.39 is 0 Å². The van der Waals surface area contributed by atoms with E-state index in [4.69, 9.17) is 18.6 Å². The summed E-state index contributed by atoms with van der Waals surface area (Å²) < 4.78 is 22.4. The molecule has 0 fully saturated rings. The number of benzene rings is 1. The summed E-state index contributed by atoms with van der Waals surface area (Å²) in [5.41, 5.74) is 4.47. The van der Waals surface area contributed by atoms with E-state index in [1.807, 2.05) is 39.0 Å². The predicted molar refractivity (Wildman–Crippen MR) is 112 cm³/mol. The monoisotopic (exact) mass is 408 g/mol. The number of aryl methyl sites for hydroxylation is 2. The molecule has 0 saturated carbocycles. The van der Waals surface area contributed by atoms with Gasteiger partial charge in [-0.25, -0.2) is 4.98 Å². The summed E-state index contributed by atoms with van der Waals surface area (Å²) in [6, 6.07) is 7.43. The van der Waals surface area contributed by atoms with Gasteiger partial charge in [0.25, 0.3) is 5.91 Å². The Hall–Kier alpha value is -3.48. The smallest absolute Gasteiger partial charge is 0.265 e. The number of carbonyl (C=O) groups is 1. The fraction of sp³-hybridized carbons (Fsp3) is 0.304. The molecular formula is C23H24N2O5. The average molecular weight is 408 g/mol. The van der Waals surface area contributed by atoms with E-state index in [0.29, 0.717) is 29.6 Å². The topological polar surface area (TPSA) is 74.0 Å². The van der Waals surface area contributed by atoms with Gasteiger partial charge in [0.1, 0.15) is 23.0 Å². The molecule has 0 radical (unpaired) electrons. The van der Waals surface area contributed by atoms with Gasteiger partial charge in [0.05, 0.1) is 26.5 Å². The molecule has 1 amide bonds. The molecule has 156 valence electrons. The molecular weight excluding hydrogens is 384 g/mol. The Balaban J connectivity index is 1.77. The second-order valence-corrected chi connectivity index (χ2v) is 7.21. The van der Waals surface area contributed by atoms with Gasteiger partial charge in [0.15, 0.2) is 6.61 Å². The van der Waals surface area contributed by atoms with Crippen LogP contribution in [0.2, 0.25) is 0 Å². The van der Waals surface area contributed by atoms with Crippen molar-refractivity contribution in [2.24, 2.45) is 0 Å². The number of furan rings is 1. The standard InChI is InChI=1S/C23H24N2O5/c1-13-14(2)30-15(3)23(13)17-8-20-18(9-19(17)27-4)25(22(26)12-29-20)11-16-6-7-21(28-5)24-10-16/h6-10H,11-12H2,1-5H3. The molecule has 7 nitrogen and oxygen atoms in total. The van der Waals surface area contributed by atoms with Crippen molar-refractivity contribution in [3.8, 4) is 28.5 Å². The normalized spacial score (nSPS) is 13.1. The zero-order chi connectivity index (χ0) is 21.4. The van der Waals surface area contributed by atoms with E-state index in [9.17, 15) is 4.79 Å². The average Bonchev–Trinajstić information content (AvgIpc) is 3.01. The van der Waals surface area contributed by atoms with E-state index in [1.54, 1.807) is 31.4 Å². The molecule has 0 unspecified atom stereocenters. The first kappa shape index (κ1) is 19.8. The minimum Gasteiger partial charge on any atom is -0.496 e. The van der Waals surface area contributed by atoms with Crippen LogP contribution in [-0.2, 0) is 11.3 Å². The second kappa shape index (κ2) is 7.74. The molecule has 4 rings (SSSR count). The molecule has 3 heterocycles. The summed E-state index contributed by atoms with van der Waals surface area (Å²) in [6.07, 6.45) is 1.70. The number of carbonyl (C=O) groups excluding carboxylic acids is 1. The molecule has 3 aromatic rings. The quantitative estimate of drug-likeness (QED) is 0.630. The number of amides is 1. The summed E-state index contributed by atoms with van der Waals surface area (Å²) in [4.78, 5) is 18.6. The summed E-state index contributed by atoms with van der Waals surface area (Å²) in [6.45, 7) is 6.24. The first-order chi connectivity index (χ1) is 14.4. The third-order valence-corrected chi connectivity index (χ3v) is 5.40. The fourth-order valence-corrected chi connectivity index (χ4v) is 3.76. The SMILES string of the molecule is COc1ccc(CN2C(=O)COc3cc(-c4c(C)oc(C)c4C)c(OC)cc32)cn1.